The maximum absolute atomic E-state index is 10.7. The van der Waals surface area contributed by atoms with Crippen molar-refractivity contribution in [3.05, 3.63) is 29.7 Å². The zero-order chi connectivity index (χ0) is 10.1. The molecule has 1 aliphatic rings. The molecule has 74 valence electrons. The second-order valence-electron chi connectivity index (χ2n) is 4.00. The summed E-state index contributed by atoms with van der Waals surface area (Å²) in [4.78, 5) is 10.7. The molecule has 1 heterocycles. The quantitative estimate of drug-likeness (QED) is 0.686. The summed E-state index contributed by atoms with van der Waals surface area (Å²) in [6, 6.07) is 3.92. The zero-order valence-electron chi connectivity index (χ0n) is 8.49. The van der Waals surface area contributed by atoms with E-state index in [-0.39, 0.29) is 5.78 Å². The van der Waals surface area contributed by atoms with Crippen LogP contribution in [-0.2, 0) is 4.79 Å². The molecule has 2 rings (SSSR count). The molecule has 2 unspecified atom stereocenters. The molecule has 0 amide bonds. The van der Waals surface area contributed by atoms with Crippen molar-refractivity contribution in [2.45, 2.75) is 26.2 Å². The van der Waals surface area contributed by atoms with Gasteiger partial charge in [-0.15, -0.1) is 0 Å². The SMILES string of the molecule is CC(=O)/C=C/c1ccc(C2CC2C)o1. The fourth-order valence-corrected chi connectivity index (χ4v) is 1.58. The number of ketones is 1. The number of carbonyl (C=O) groups excluding carboxylic acids is 1. The highest BCUT2D eigenvalue weighted by Crippen LogP contribution is 2.47. The summed E-state index contributed by atoms with van der Waals surface area (Å²) in [6.07, 6.45) is 4.47. The van der Waals surface area contributed by atoms with Crippen LogP contribution in [0.3, 0.4) is 0 Å². The largest absolute Gasteiger partial charge is 0.461 e. The van der Waals surface area contributed by atoms with Gasteiger partial charge in [0.25, 0.3) is 0 Å². The van der Waals surface area contributed by atoms with Crippen LogP contribution in [0.2, 0.25) is 0 Å². The number of allylic oxidation sites excluding steroid dienone is 1. The molecule has 0 aromatic carbocycles. The second kappa shape index (κ2) is 3.45. The molecule has 2 atom stereocenters. The van der Waals surface area contributed by atoms with Gasteiger partial charge in [0.1, 0.15) is 11.5 Å². The third-order valence-electron chi connectivity index (χ3n) is 2.60. The van der Waals surface area contributed by atoms with Crippen molar-refractivity contribution in [2.24, 2.45) is 5.92 Å². The van der Waals surface area contributed by atoms with Crippen molar-refractivity contribution in [3.8, 4) is 0 Å². The lowest BCUT2D eigenvalue weighted by atomic mass is 10.3. The van der Waals surface area contributed by atoms with E-state index in [9.17, 15) is 4.79 Å². The van der Waals surface area contributed by atoms with Crippen molar-refractivity contribution < 1.29 is 9.21 Å². The Kier molecular flexibility index (Phi) is 2.28. The summed E-state index contributed by atoms with van der Waals surface area (Å²) >= 11 is 0. The average molecular weight is 190 g/mol. The Bertz CT molecular complexity index is 373. The first kappa shape index (κ1) is 9.25. The first-order chi connectivity index (χ1) is 6.66. The number of rotatable bonds is 3. The van der Waals surface area contributed by atoms with E-state index in [2.05, 4.69) is 6.92 Å². The molecular formula is C12H14O2. The van der Waals surface area contributed by atoms with E-state index < -0.39 is 0 Å². The van der Waals surface area contributed by atoms with Gasteiger partial charge in [0.15, 0.2) is 5.78 Å². The molecule has 1 fully saturated rings. The van der Waals surface area contributed by atoms with Crippen LogP contribution in [0, 0.1) is 5.92 Å². The molecule has 14 heavy (non-hydrogen) atoms. The Morgan fingerprint density at radius 2 is 2.29 bits per heavy atom. The van der Waals surface area contributed by atoms with Gasteiger partial charge in [-0.25, -0.2) is 0 Å². The molecule has 1 saturated carbocycles. The molecule has 0 radical (unpaired) electrons. The fraction of sp³-hybridized carbons (Fsp3) is 0.417. The smallest absolute Gasteiger partial charge is 0.152 e. The highest BCUT2D eigenvalue weighted by molar-refractivity contribution is 5.91. The molecule has 2 nitrogen and oxygen atoms in total. The van der Waals surface area contributed by atoms with Gasteiger partial charge in [0, 0.05) is 5.92 Å². The minimum Gasteiger partial charge on any atom is -0.461 e. The Balaban J connectivity index is 2.06. The monoisotopic (exact) mass is 190 g/mol. The van der Waals surface area contributed by atoms with Gasteiger partial charge in [-0.1, -0.05) is 6.92 Å². The number of hydrogen-bond acceptors (Lipinski definition) is 2. The van der Waals surface area contributed by atoms with E-state index in [4.69, 9.17) is 4.42 Å². The van der Waals surface area contributed by atoms with Crippen molar-refractivity contribution in [1.29, 1.82) is 0 Å². The van der Waals surface area contributed by atoms with Crippen LogP contribution in [0.25, 0.3) is 6.08 Å². The lowest BCUT2D eigenvalue weighted by Crippen LogP contribution is -1.78. The van der Waals surface area contributed by atoms with Crippen LogP contribution in [0.15, 0.2) is 22.6 Å². The highest BCUT2D eigenvalue weighted by atomic mass is 16.3. The van der Waals surface area contributed by atoms with Crippen LogP contribution < -0.4 is 0 Å². The van der Waals surface area contributed by atoms with Gasteiger partial charge >= 0.3 is 0 Å². The minimum absolute atomic E-state index is 0.0442. The number of carbonyl (C=O) groups is 1. The van der Waals surface area contributed by atoms with Gasteiger partial charge in [-0.05, 0) is 43.5 Å². The zero-order valence-corrected chi connectivity index (χ0v) is 8.49. The van der Waals surface area contributed by atoms with E-state index in [1.165, 1.54) is 19.4 Å². The van der Waals surface area contributed by atoms with Crippen molar-refractivity contribution >= 4 is 11.9 Å². The summed E-state index contributed by atoms with van der Waals surface area (Å²) in [5, 5.41) is 0. The van der Waals surface area contributed by atoms with Gasteiger partial charge in [-0.2, -0.15) is 0 Å². The predicted molar refractivity (Wildman–Crippen MR) is 54.9 cm³/mol. The number of hydrogen-bond donors (Lipinski definition) is 0. The summed E-state index contributed by atoms with van der Waals surface area (Å²) in [5.41, 5.74) is 0. The molecule has 2 heteroatoms. The van der Waals surface area contributed by atoms with Crippen molar-refractivity contribution in [3.63, 3.8) is 0 Å². The van der Waals surface area contributed by atoms with Crippen molar-refractivity contribution in [2.75, 3.05) is 0 Å². The third kappa shape index (κ3) is 1.95. The molecule has 0 spiro atoms. The predicted octanol–water partition coefficient (Wildman–Crippen LogP) is 3.01. The molecule has 0 bridgehead atoms. The van der Waals surface area contributed by atoms with E-state index in [0.717, 1.165) is 17.4 Å². The van der Waals surface area contributed by atoms with Crippen LogP contribution in [0.5, 0.6) is 0 Å². The first-order valence-corrected chi connectivity index (χ1v) is 4.95. The Morgan fingerprint density at radius 1 is 1.57 bits per heavy atom. The lowest BCUT2D eigenvalue weighted by molar-refractivity contribution is -0.112. The summed E-state index contributed by atoms with van der Waals surface area (Å²) in [7, 11) is 0. The standard InChI is InChI=1S/C12H14O2/c1-8-7-11(8)12-6-5-10(14-12)4-3-9(2)13/h3-6,8,11H,7H2,1-2H3/b4-3+. The molecule has 1 aliphatic carbocycles. The molecule has 1 aromatic heterocycles. The van der Waals surface area contributed by atoms with E-state index >= 15 is 0 Å². The van der Waals surface area contributed by atoms with E-state index in [0.29, 0.717) is 5.92 Å². The minimum atomic E-state index is 0.0442. The van der Waals surface area contributed by atoms with Crippen LogP contribution in [0.1, 0.15) is 37.7 Å². The first-order valence-electron chi connectivity index (χ1n) is 4.95. The number of furan rings is 1. The van der Waals surface area contributed by atoms with Crippen LogP contribution >= 0.6 is 0 Å². The Hall–Kier alpha value is -1.31. The van der Waals surface area contributed by atoms with Gasteiger partial charge < -0.3 is 4.42 Å². The summed E-state index contributed by atoms with van der Waals surface area (Å²) in [6.45, 7) is 3.75. The maximum atomic E-state index is 10.7. The maximum Gasteiger partial charge on any atom is 0.152 e. The molecule has 0 N–H and O–H groups in total. The summed E-state index contributed by atoms with van der Waals surface area (Å²) in [5.74, 6) is 3.23. The average Bonchev–Trinajstić information content (AvgIpc) is 2.68. The van der Waals surface area contributed by atoms with E-state index in [1.807, 2.05) is 12.1 Å². The van der Waals surface area contributed by atoms with Gasteiger partial charge in [0.2, 0.25) is 0 Å². The van der Waals surface area contributed by atoms with Gasteiger partial charge in [-0.3, -0.25) is 4.79 Å². The topological polar surface area (TPSA) is 30.2 Å². The fourth-order valence-electron chi connectivity index (χ4n) is 1.58. The normalized spacial score (nSPS) is 25.6. The van der Waals surface area contributed by atoms with Gasteiger partial charge in [0.05, 0.1) is 0 Å². The lowest BCUT2D eigenvalue weighted by Gasteiger charge is -1.89. The molecule has 1 aromatic rings. The van der Waals surface area contributed by atoms with E-state index in [1.54, 1.807) is 6.08 Å². The molecular weight excluding hydrogens is 176 g/mol. The van der Waals surface area contributed by atoms with Crippen LogP contribution in [0.4, 0.5) is 0 Å². The van der Waals surface area contributed by atoms with Crippen LogP contribution in [-0.4, -0.2) is 5.78 Å². The molecule has 0 aliphatic heterocycles. The highest BCUT2D eigenvalue weighted by Gasteiger charge is 2.36. The summed E-state index contributed by atoms with van der Waals surface area (Å²) < 4.78 is 5.59. The second-order valence-corrected chi connectivity index (χ2v) is 4.00. The third-order valence-corrected chi connectivity index (χ3v) is 2.60. The molecule has 0 saturated heterocycles. The Labute approximate surface area is 83.6 Å². The Morgan fingerprint density at radius 3 is 2.86 bits per heavy atom. The van der Waals surface area contributed by atoms with Crippen molar-refractivity contribution in [1.82, 2.24) is 0 Å².